The Morgan fingerprint density at radius 2 is 1.60 bits per heavy atom. The summed E-state index contributed by atoms with van der Waals surface area (Å²) in [5.74, 6) is -0.293. The van der Waals surface area contributed by atoms with E-state index in [4.69, 9.17) is 4.74 Å². The lowest BCUT2D eigenvalue weighted by atomic mass is 9.93. The number of rotatable bonds is 10. The number of nitrogens with zero attached hydrogens (tertiary/aromatic N) is 2. The maximum absolute atomic E-state index is 13.1. The average molecular weight is 570 g/mol. The minimum absolute atomic E-state index is 0.156. The van der Waals surface area contributed by atoms with E-state index in [9.17, 15) is 18.0 Å². The molecule has 1 N–H and O–H groups in total. The van der Waals surface area contributed by atoms with E-state index < -0.39 is 22.5 Å². The van der Waals surface area contributed by atoms with E-state index in [0.717, 1.165) is 36.2 Å². The Hall–Kier alpha value is -3.20. The van der Waals surface area contributed by atoms with Crippen LogP contribution in [0, 0.1) is 12.8 Å². The molecule has 0 aliphatic heterocycles. The van der Waals surface area contributed by atoms with Gasteiger partial charge in [0.05, 0.1) is 17.8 Å². The second-order valence-corrected chi connectivity index (χ2v) is 11.8. The van der Waals surface area contributed by atoms with Gasteiger partial charge in [0.1, 0.15) is 5.75 Å². The van der Waals surface area contributed by atoms with E-state index >= 15 is 0 Å². The van der Waals surface area contributed by atoms with Gasteiger partial charge >= 0.3 is 16.4 Å². The Morgan fingerprint density at radius 1 is 0.975 bits per heavy atom. The maximum Gasteiger partial charge on any atom is 0.319 e. The summed E-state index contributed by atoms with van der Waals surface area (Å²) in [5.41, 5.74) is 3.55. The van der Waals surface area contributed by atoms with Crippen LogP contribution >= 0.6 is 0 Å². The largest absolute Gasteiger partial charge is 0.481 e. The van der Waals surface area contributed by atoms with Crippen molar-refractivity contribution < 1.29 is 22.7 Å². The van der Waals surface area contributed by atoms with Gasteiger partial charge in [-0.3, -0.25) is 9.59 Å². The van der Waals surface area contributed by atoms with Crippen LogP contribution in [0.2, 0.25) is 0 Å². The molecule has 0 spiro atoms. The lowest BCUT2D eigenvalue weighted by Crippen LogP contribution is -2.40. The zero-order chi connectivity index (χ0) is 29.1. The fraction of sp³-hybridized carbons (Fsp3) is 0.548. The summed E-state index contributed by atoms with van der Waals surface area (Å²) in [6.07, 6.45) is 9.43. The van der Waals surface area contributed by atoms with E-state index in [1.54, 1.807) is 12.1 Å². The molecule has 40 heavy (non-hydrogen) atoms. The van der Waals surface area contributed by atoms with Crippen LogP contribution in [0.5, 0.6) is 5.75 Å². The van der Waals surface area contributed by atoms with Crippen LogP contribution in [0.25, 0.3) is 0 Å². The van der Waals surface area contributed by atoms with Crippen molar-refractivity contribution in [3.63, 3.8) is 0 Å². The normalized spacial score (nSPS) is 15.3. The molecule has 2 aromatic rings. The molecule has 0 heterocycles. The lowest BCUT2D eigenvalue weighted by molar-refractivity contribution is -0.123. The van der Waals surface area contributed by atoms with Crippen LogP contribution in [0.3, 0.4) is 0 Å². The molecule has 218 valence electrons. The molecule has 2 aliphatic carbocycles. The first-order valence-electron chi connectivity index (χ1n) is 14.4. The highest BCUT2D eigenvalue weighted by Gasteiger charge is 2.25. The number of carbonyl (C=O) groups excluding carboxylic acids is 2. The van der Waals surface area contributed by atoms with E-state index in [1.165, 1.54) is 45.4 Å². The topological polar surface area (TPSA) is 105 Å². The van der Waals surface area contributed by atoms with Crippen LogP contribution in [-0.4, -0.2) is 38.9 Å². The van der Waals surface area contributed by atoms with Crippen LogP contribution < -0.4 is 15.0 Å². The Morgan fingerprint density at radius 3 is 2.17 bits per heavy atom. The average Bonchev–Trinajstić information content (AvgIpc) is 3.79. The van der Waals surface area contributed by atoms with Gasteiger partial charge in [0, 0.05) is 18.7 Å². The summed E-state index contributed by atoms with van der Waals surface area (Å²) < 4.78 is 30.3. The fourth-order valence-corrected chi connectivity index (χ4v) is 4.95. The van der Waals surface area contributed by atoms with Crippen molar-refractivity contribution in [1.29, 1.82) is 0 Å². The van der Waals surface area contributed by atoms with Crippen LogP contribution in [0.1, 0.15) is 83.3 Å². The minimum atomic E-state index is -2.84. The highest BCUT2D eigenvalue weighted by molar-refractivity contribution is 7.62. The standard InChI is InChI=1S/C28H37N3O5S.C3H6/c1-19(2)18-31(23-8-6-5-7-9-23)26-15-14-24(36-21(4)28(33)30-37(34)35)17-25(26)29-27(32)16-22-12-10-20(3)11-13-22;1-2-3-1/h10-15,17,19,21,23H,5-9,16,18H2,1-4H3,(H,29,32);1-3H2. The van der Waals surface area contributed by atoms with Gasteiger partial charge in [0.2, 0.25) is 5.91 Å². The molecule has 2 saturated carbocycles. The summed E-state index contributed by atoms with van der Waals surface area (Å²) in [5, 5.41) is 3.07. The molecule has 0 bridgehead atoms. The number of hydrogen-bond acceptors (Lipinski definition) is 6. The van der Waals surface area contributed by atoms with Gasteiger partial charge < -0.3 is 15.0 Å². The minimum Gasteiger partial charge on any atom is -0.481 e. The first-order chi connectivity index (χ1) is 19.1. The van der Waals surface area contributed by atoms with E-state index in [1.807, 2.05) is 37.3 Å². The highest BCUT2D eigenvalue weighted by Crippen LogP contribution is 2.36. The predicted octanol–water partition coefficient (Wildman–Crippen LogP) is 6.50. The van der Waals surface area contributed by atoms with Crippen molar-refractivity contribution in [2.24, 2.45) is 10.3 Å². The van der Waals surface area contributed by atoms with E-state index in [0.29, 0.717) is 23.4 Å². The molecule has 0 radical (unpaired) electrons. The molecular formula is C31H43N3O5S. The van der Waals surface area contributed by atoms with Gasteiger partial charge in [0.25, 0.3) is 0 Å². The number of carbonyl (C=O) groups is 2. The second kappa shape index (κ2) is 15.6. The number of ether oxygens (including phenoxy) is 1. The molecule has 2 aliphatic rings. The van der Waals surface area contributed by atoms with Gasteiger partial charge in [-0.05, 0) is 50.3 Å². The number of hydrogen-bond donors (Lipinski definition) is 1. The molecule has 2 fully saturated rings. The monoisotopic (exact) mass is 569 g/mol. The molecule has 1 unspecified atom stereocenters. The SMILES string of the molecule is C1CC1.Cc1ccc(CC(=O)Nc2cc(OC(C)C(=O)N=S(=O)=O)ccc2N(CC(C)C)C2CCCCC2)cc1. The number of nitrogens with one attached hydrogen (secondary N) is 1. The molecule has 8 nitrogen and oxygen atoms in total. The van der Waals surface area contributed by atoms with Gasteiger partial charge in [0.15, 0.2) is 6.10 Å². The van der Waals surface area contributed by atoms with Crippen molar-refractivity contribution in [2.45, 2.75) is 97.6 Å². The van der Waals surface area contributed by atoms with Crippen molar-refractivity contribution >= 4 is 33.7 Å². The third kappa shape index (κ3) is 10.8. The van der Waals surface area contributed by atoms with Gasteiger partial charge in [-0.25, -0.2) is 0 Å². The quantitative estimate of drug-likeness (QED) is 0.350. The van der Waals surface area contributed by atoms with Crippen molar-refractivity contribution in [1.82, 2.24) is 0 Å². The highest BCUT2D eigenvalue weighted by atomic mass is 32.2. The summed E-state index contributed by atoms with van der Waals surface area (Å²) in [7, 11) is -2.84. The third-order valence-corrected chi connectivity index (χ3v) is 7.12. The van der Waals surface area contributed by atoms with E-state index in [-0.39, 0.29) is 12.3 Å². The summed E-state index contributed by atoms with van der Waals surface area (Å²) >= 11 is 0. The third-order valence-electron chi connectivity index (χ3n) is 6.79. The summed E-state index contributed by atoms with van der Waals surface area (Å²) in [4.78, 5) is 27.5. The van der Waals surface area contributed by atoms with Crippen molar-refractivity contribution in [3.05, 3.63) is 53.6 Å². The zero-order valence-electron chi connectivity index (χ0n) is 24.2. The van der Waals surface area contributed by atoms with Crippen molar-refractivity contribution in [2.75, 3.05) is 16.8 Å². The Kier molecular flexibility index (Phi) is 12.2. The number of aryl methyl sites for hydroxylation is 1. The molecule has 2 aromatic carbocycles. The second-order valence-electron chi connectivity index (χ2n) is 11.2. The molecule has 9 heteroatoms. The lowest BCUT2D eigenvalue weighted by Gasteiger charge is -2.38. The fourth-order valence-electron chi connectivity index (χ4n) is 4.66. The van der Waals surface area contributed by atoms with Crippen LogP contribution in [0.15, 0.2) is 46.8 Å². The first kappa shape index (κ1) is 31.3. The Labute approximate surface area is 240 Å². The van der Waals surface area contributed by atoms with Gasteiger partial charge in [-0.1, -0.05) is 86.6 Å². The van der Waals surface area contributed by atoms with Gasteiger partial charge in [-0.15, -0.1) is 0 Å². The molecular weight excluding hydrogens is 526 g/mol. The summed E-state index contributed by atoms with van der Waals surface area (Å²) in [6, 6.07) is 13.6. The summed E-state index contributed by atoms with van der Waals surface area (Å²) in [6.45, 7) is 8.65. The van der Waals surface area contributed by atoms with Gasteiger partial charge in [-0.2, -0.15) is 8.42 Å². The number of anilines is 2. The zero-order valence-corrected chi connectivity index (χ0v) is 25.0. The van der Waals surface area contributed by atoms with E-state index in [2.05, 4.69) is 28.4 Å². The number of amides is 2. The number of benzene rings is 2. The Bertz CT molecular complexity index is 1260. The Balaban J connectivity index is 0.00000137. The predicted molar refractivity (Wildman–Crippen MR) is 159 cm³/mol. The smallest absolute Gasteiger partial charge is 0.319 e. The first-order valence-corrected chi connectivity index (χ1v) is 15.4. The molecule has 4 rings (SSSR count). The molecule has 2 amide bonds. The maximum atomic E-state index is 13.1. The molecule has 1 atom stereocenters. The van der Waals surface area contributed by atoms with Crippen LogP contribution in [-0.2, 0) is 26.5 Å². The van der Waals surface area contributed by atoms with Crippen molar-refractivity contribution in [3.8, 4) is 5.75 Å². The molecule has 0 saturated heterocycles. The van der Waals surface area contributed by atoms with Crippen LogP contribution in [0.4, 0.5) is 11.4 Å². The molecule has 0 aromatic heterocycles.